The Bertz CT molecular complexity index is 507. The molecule has 0 heterocycles. The van der Waals surface area contributed by atoms with Gasteiger partial charge in [-0.1, -0.05) is 18.7 Å². The van der Waals surface area contributed by atoms with E-state index in [0.717, 1.165) is 0 Å². The maximum atomic E-state index is 11.6. The Morgan fingerprint density at radius 1 is 1.05 bits per heavy atom. The molecule has 0 atom stereocenters. The van der Waals surface area contributed by atoms with Crippen LogP contribution >= 0.6 is 0 Å². The van der Waals surface area contributed by atoms with Crippen LogP contribution in [0.2, 0.25) is 0 Å². The van der Waals surface area contributed by atoms with Crippen molar-refractivity contribution in [2.45, 2.75) is 13.8 Å². The third-order valence-corrected chi connectivity index (χ3v) is 2.34. The fourth-order valence-electron chi connectivity index (χ4n) is 1.48. The summed E-state index contributed by atoms with van der Waals surface area (Å²) in [6.07, 6.45) is 0. The van der Waals surface area contributed by atoms with E-state index in [-0.39, 0.29) is 12.2 Å². The molecule has 1 rings (SSSR count). The maximum absolute atomic E-state index is 11.6. The van der Waals surface area contributed by atoms with Crippen LogP contribution in [0, 0.1) is 0 Å². The summed E-state index contributed by atoms with van der Waals surface area (Å²) in [6, 6.07) is 6.45. The van der Waals surface area contributed by atoms with Crippen LogP contribution in [0.3, 0.4) is 0 Å². The van der Waals surface area contributed by atoms with Gasteiger partial charge in [0.1, 0.15) is 5.57 Å². The maximum Gasteiger partial charge on any atom is 0.346 e. The molecule has 1 aromatic carbocycles. The molecule has 4 heteroatoms. The molecular formula is C15H16O4. The number of hydrogen-bond donors (Lipinski definition) is 0. The minimum Gasteiger partial charge on any atom is -0.462 e. The third-order valence-electron chi connectivity index (χ3n) is 2.34. The number of ether oxygens (including phenoxy) is 2. The number of esters is 2. The van der Waals surface area contributed by atoms with Crippen LogP contribution in [0.25, 0.3) is 5.57 Å². The standard InChI is InChI=1S/C15H16O4/c1-4-13(15(17)19-6-3)11-7-9-12(10-8-11)14(16)18-5-2/h7-10H,1,5-6H2,2-3H3. The summed E-state index contributed by atoms with van der Waals surface area (Å²) in [5, 5.41) is 0. The molecule has 0 N–H and O–H groups in total. The van der Waals surface area contributed by atoms with Crippen molar-refractivity contribution in [1.82, 2.24) is 0 Å². The average molecular weight is 260 g/mol. The predicted molar refractivity (Wildman–Crippen MR) is 71.6 cm³/mol. The fraction of sp³-hybridized carbons (Fsp3) is 0.267. The molecule has 0 bridgehead atoms. The monoisotopic (exact) mass is 260 g/mol. The van der Waals surface area contributed by atoms with Gasteiger partial charge in [0.15, 0.2) is 0 Å². The molecule has 0 radical (unpaired) electrons. The Hall–Kier alpha value is -2.32. The highest BCUT2D eigenvalue weighted by atomic mass is 16.5. The lowest BCUT2D eigenvalue weighted by Gasteiger charge is -2.06. The first-order chi connectivity index (χ1) is 9.13. The predicted octanol–water partition coefficient (Wildman–Crippen LogP) is 2.59. The van der Waals surface area contributed by atoms with Crippen LogP contribution in [0.4, 0.5) is 0 Å². The van der Waals surface area contributed by atoms with Crippen molar-refractivity contribution in [1.29, 1.82) is 0 Å². The zero-order chi connectivity index (χ0) is 14.3. The van der Waals surface area contributed by atoms with Gasteiger partial charge in [0.05, 0.1) is 18.8 Å². The minimum atomic E-state index is -0.485. The van der Waals surface area contributed by atoms with Crippen LogP contribution < -0.4 is 0 Å². The van der Waals surface area contributed by atoms with Crippen LogP contribution in [0.5, 0.6) is 0 Å². The number of hydrogen-bond acceptors (Lipinski definition) is 4. The van der Waals surface area contributed by atoms with Crippen LogP contribution in [0.1, 0.15) is 29.8 Å². The lowest BCUT2D eigenvalue weighted by molar-refractivity contribution is -0.136. The fourth-order valence-corrected chi connectivity index (χ4v) is 1.48. The van der Waals surface area contributed by atoms with Gasteiger partial charge in [-0.2, -0.15) is 0 Å². The quantitative estimate of drug-likeness (QED) is 0.464. The Morgan fingerprint density at radius 2 is 1.58 bits per heavy atom. The minimum absolute atomic E-state index is 0.247. The summed E-state index contributed by atoms with van der Waals surface area (Å²) in [5.41, 5.74) is 3.83. The largest absolute Gasteiger partial charge is 0.462 e. The zero-order valence-corrected chi connectivity index (χ0v) is 11.1. The second-order valence-corrected chi connectivity index (χ2v) is 3.57. The van der Waals surface area contributed by atoms with E-state index in [1.54, 1.807) is 38.1 Å². The van der Waals surface area contributed by atoms with E-state index in [1.165, 1.54) is 0 Å². The summed E-state index contributed by atoms with van der Waals surface area (Å²) in [5.74, 6) is -0.879. The first-order valence-corrected chi connectivity index (χ1v) is 5.98. The highest BCUT2D eigenvalue weighted by Crippen LogP contribution is 2.16. The molecule has 19 heavy (non-hydrogen) atoms. The van der Waals surface area contributed by atoms with Gasteiger partial charge in [0.2, 0.25) is 0 Å². The molecule has 0 spiro atoms. The first-order valence-electron chi connectivity index (χ1n) is 5.98. The second kappa shape index (κ2) is 7.19. The molecule has 100 valence electrons. The highest BCUT2D eigenvalue weighted by Gasteiger charge is 2.13. The van der Waals surface area contributed by atoms with Gasteiger partial charge in [-0.25, -0.2) is 9.59 Å². The van der Waals surface area contributed by atoms with Crippen molar-refractivity contribution in [2.75, 3.05) is 13.2 Å². The topological polar surface area (TPSA) is 52.6 Å². The molecule has 4 nitrogen and oxygen atoms in total. The van der Waals surface area contributed by atoms with E-state index in [2.05, 4.69) is 12.3 Å². The summed E-state index contributed by atoms with van der Waals surface area (Å²) in [6.45, 7) is 7.54. The van der Waals surface area contributed by atoms with Gasteiger partial charge in [0, 0.05) is 0 Å². The van der Waals surface area contributed by atoms with Crippen molar-refractivity contribution >= 4 is 17.5 Å². The van der Waals surface area contributed by atoms with Crippen molar-refractivity contribution < 1.29 is 19.1 Å². The average Bonchev–Trinajstić information content (AvgIpc) is 2.41. The number of carbonyl (C=O) groups is 2. The normalized spacial score (nSPS) is 9.37. The van der Waals surface area contributed by atoms with Crippen molar-refractivity contribution in [3.63, 3.8) is 0 Å². The van der Waals surface area contributed by atoms with Gasteiger partial charge in [-0.3, -0.25) is 0 Å². The second-order valence-electron chi connectivity index (χ2n) is 3.57. The van der Waals surface area contributed by atoms with Crippen molar-refractivity contribution in [2.24, 2.45) is 0 Å². The Morgan fingerprint density at radius 3 is 2.05 bits per heavy atom. The summed E-state index contributed by atoms with van der Waals surface area (Å²) >= 11 is 0. The number of benzene rings is 1. The first kappa shape index (κ1) is 14.7. The van der Waals surface area contributed by atoms with Gasteiger partial charge in [-0.05, 0) is 31.5 Å². The van der Waals surface area contributed by atoms with E-state index < -0.39 is 11.9 Å². The van der Waals surface area contributed by atoms with Crippen LogP contribution in [0.15, 0.2) is 36.6 Å². The number of carbonyl (C=O) groups excluding carboxylic acids is 2. The van der Waals surface area contributed by atoms with Crippen molar-refractivity contribution in [3.05, 3.63) is 47.7 Å². The van der Waals surface area contributed by atoms with E-state index >= 15 is 0 Å². The SMILES string of the molecule is C=C=C(C(=O)OCC)c1ccc(C(=O)OCC)cc1. The summed E-state index contributed by atoms with van der Waals surface area (Å²) in [4.78, 5) is 23.1. The van der Waals surface area contributed by atoms with E-state index in [9.17, 15) is 9.59 Å². The zero-order valence-electron chi connectivity index (χ0n) is 11.1. The smallest absolute Gasteiger partial charge is 0.346 e. The Labute approximate surface area is 112 Å². The molecular weight excluding hydrogens is 244 g/mol. The molecule has 0 aliphatic heterocycles. The molecule has 0 aliphatic carbocycles. The van der Waals surface area contributed by atoms with E-state index in [4.69, 9.17) is 9.47 Å². The van der Waals surface area contributed by atoms with Crippen LogP contribution in [-0.4, -0.2) is 25.2 Å². The highest BCUT2D eigenvalue weighted by molar-refractivity contribution is 6.16. The van der Waals surface area contributed by atoms with Gasteiger partial charge in [0.25, 0.3) is 0 Å². The molecule has 0 aromatic heterocycles. The molecule has 0 unspecified atom stereocenters. The molecule has 0 fully saturated rings. The molecule has 0 saturated heterocycles. The van der Waals surface area contributed by atoms with Crippen molar-refractivity contribution in [3.8, 4) is 0 Å². The summed E-state index contributed by atoms with van der Waals surface area (Å²) in [7, 11) is 0. The molecule has 1 aromatic rings. The summed E-state index contributed by atoms with van der Waals surface area (Å²) < 4.78 is 9.77. The Balaban J connectivity index is 2.94. The van der Waals surface area contributed by atoms with Gasteiger partial charge < -0.3 is 9.47 Å². The molecule has 0 aliphatic rings. The van der Waals surface area contributed by atoms with Gasteiger partial charge in [-0.15, -0.1) is 5.73 Å². The molecule has 0 saturated carbocycles. The van der Waals surface area contributed by atoms with E-state index in [0.29, 0.717) is 17.7 Å². The van der Waals surface area contributed by atoms with E-state index in [1.807, 2.05) is 0 Å². The lowest BCUT2D eigenvalue weighted by Crippen LogP contribution is -2.07. The van der Waals surface area contributed by atoms with Gasteiger partial charge >= 0.3 is 11.9 Å². The number of rotatable bonds is 5. The lowest BCUT2D eigenvalue weighted by atomic mass is 10.0. The van der Waals surface area contributed by atoms with Crippen LogP contribution in [-0.2, 0) is 14.3 Å². The Kier molecular flexibility index (Phi) is 5.58. The third kappa shape index (κ3) is 3.83. The molecule has 0 amide bonds.